The van der Waals surface area contributed by atoms with Gasteiger partial charge in [0.05, 0.1) is 11.2 Å². The van der Waals surface area contributed by atoms with Gasteiger partial charge in [0.15, 0.2) is 5.43 Å². The highest BCUT2D eigenvalue weighted by molar-refractivity contribution is 6.31. The number of fused-ring (bicyclic) bond motifs is 1. The molecule has 1 heterocycles. The zero-order valence-corrected chi connectivity index (χ0v) is 17.1. The van der Waals surface area contributed by atoms with E-state index in [1.165, 1.54) is 12.1 Å². The van der Waals surface area contributed by atoms with Crippen LogP contribution in [0.1, 0.15) is 16.7 Å². The van der Waals surface area contributed by atoms with Gasteiger partial charge in [0.2, 0.25) is 0 Å². The molecule has 0 aliphatic carbocycles. The summed E-state index contributed by atoms with van der Waals surface area (Å²) in [7, 11) is 0. The highest BCUT2D eigenvalue weighted by Gasteiger charge is 2.30. The van der Waals surface area contributed by atoms with Gasteiger partial charge in [-0.05, 0) is 60.4 Å². The number of aromatic amines is 1. The van der Waals surface area contributed by atoms with Crippen LogP contribution in [-0.2, 0) is 6.42 Å². The molecule has 0 aliphatic heterocycles. The molecule has 0 aliphatic rings. The van der Waals surface area contributed by atoms with Gasteiger partial charge < -0.3 is 9.72 Å². The summed E-state index contributed by atoms with van der Waals surface area (Å²) in [5.74, 6) is -0.248. The van der Waals surface area contributed by atoms with Crippen molar-refractivity contribution < 1.29 is 17.9 Å². The standard InChI is InChI=1S/C24H17ClF3NO2/c1-14-22(29-21-13-18(25)8-11-20(21)23(14)30)17-6-2-15(3-7-17)12-16-4-9-19(10-5-16)31-24(26,27)28/h2-11,13H,12H2,1H3,(H,29,30). The summed E-state index contributed by atoms with van der Waals surface area (Å²) in [4.78, 5) is 16.0. The van der Waals surface area contributed by atoms with Gasteiger partial charge in [0.1, 0.15) is 5.75 Å². The van der Waals surface area contributed by atoms with E-state index in [0.29, 0.717) is 27.9 Å². The highest BCUT2D eigenvalue weighted by Crippen LogP contribution is 2.26. The molecule has 0 amide bonds. The Bertz CT molecular complexity index is 1290. The van der Waals surface area contributed by atoms with Gasteiger partial charge in [-0.2, -0.15) is 0 Å². The summed E-state index contributed by atoms with van der Waals surface area (Å²) in [5.41, 5.74) is 4.65. The van der Waals surface area contributed by atoms with E-state index in [0.717, 1.165) is 22.4 Å². The third kappa shape index (κ3) is 4.75. The Hall–Kier alpha value is -3.25. The number of H-pyrrole nitrogens is 1. The van der Waals surface area contributed by atoms with Crippen molar-refractivity contribution in [3.63, 3.8) is 0 Å². The molecule has 0 saturated carbocycles. The molecule has 3 aromatic carbocycles. The lowest BCUT2D eigenvalue weighted by Gasteiger charge is -2.11. The molecule has 1 N–H and O–H groups in total. The monoisotopic (exact) mass is 443 g/mol. The molecule has 4 rings (SSSR count). The number of ether oxygens (including phenoxy) is 1. The van der Waals surface area contributed by atoms with Crippen molar-refractivity contribution >= 4 is 22.5 Å². The van der Waals surface area contributed by atoms with Crippen LogP contribution in [0.4, 0.5) is 13.2 Å². The first-order valence-corrected chi connectivity index (χ1v) is 9.83. The smallest absolute Gasteiger partial charge is 0.406 e. The molecular formula is C24H17ClF3NO2. The zero-order valence-electron chi connectivity index (χ0n) is 16.4. The lowest BCUT2D eigenvalue weighted by Crippen LogP contribution is -2.17. The predicted octanol–water partition coefficient (Wildman–Crippen LogP) is 6.65. The van der Waals surface area contributed by atoms with Gasteiger partial charge in [-0.3, -0.25) is 4.79 Å². The Morgan fingerprint density at radius 1 is 0.935 bits per heavy atom. The van der Waals surface area contributed by atoms with Crippen LogP contribution in [0.3, 0.4) is 0 Å². The molecule has 31 heavy (non-hydrogen) atoms. The SMILES string of the molecule is Cc1c(-c2ccc(Cc3ccc(OC(F)(F)F)cc3)cc2)[nH]c2cc(Cl)ccc2c1=O. The van der Waals surface area contributed by atoms with Crippen LogP contribution in [0.15, 0.2) is 71.5 Å². The van der Waals surface area contributed by atoms with E-state index in [-0.39, 0.29) is 11.2 Å². The Morgan fingerprint density at radius 2 is 1.55 bits per heavy atom. The number of rotatable bonds is 4. The number of benzene rings is 3. The molecule has 0 atom stereocenters. The van der Waals surface area contributed by atoms with Crippen molar-refractivity contribution in [1.82, 2.24) is 4.98 Å². The van der Waals surface area contributed by atoms with Gasteiger partial charge in [-0.25, -0.2) is 0 Å². The van der Waals surface area contributed by atoms with Crippen LogP contribution in [0.5, 0.6) is 5.75 Å². The highest BCUT2D eigenvalue weighted by atomic mass is 35.5. The molecule has 1 aromatic heterocycles. The lowest BCUT2D eigenvalue weighted by molar-refractivity contribution is -0.274. The molecule has 158 valence electrons. The third-order valence-electron chi connectivity index (χ3n) is 5.01. The Morgan fingerprint density at radius 3 is 2.16 bits per heavy atom. The van der Waals surface area contributed by atoms with Gasteiger partial charge in [0.25, 0.3) is 0 Å². The second-order valence-corrected chi connectivity index (χ2v) is 7.65. The number of halogens is 4. The van der Waals surface area contributed by atoms with Crippen LogP contribution in [-0.4, -0.2) is 11.3 Å². The largest absolute Gasteiger partial charge is 0.573 e. The number of nitrogens with one attached hydrogen (secondary N) is 1. The van der Waals surface area contributed by atoms with E-state index in [1.54, 1.807) is 37.3 Å². The van der Waals surface area contributed by atoms with Gasteiger partial charge in [-0.15, -0.1) is 13.2 Å². The second-order valence-electron chi connectivity index (χ2n) is 7.21. The van der Waals surface area contributed by atoms with Crippen LogP contribution < -0.4 is 10.2 Å². The van der Waals surface area contributed by atoms with E-state index in [2.05, 4.69) is 9.72 Å². The maximum Gasteiger partial charge on any atom is 0.573 e. The number of hydrogen-bond acceptors (Lipinski definition) is 2. The topological polar surface area (TPSA) is 42.1 Å². The van der Waals surface area contributed by atoms with Gasteiger partial charge in [0, 0.05) is 16.0 Å². The van der Waals surface area contributed by atoms with Gasteiger partial charge >= 0.3 is 6.36 Å². The molecule has 0 radical (unpaired) electrons. The Balaban J connectivity index is 1.57. The Labute approximate surface area is 181 Å². The third-order valence-corrected chi connectivity index (χ3v) is 5.24. The number of pyridine rings is 1. The summed E-state index contributed by atoms with van der Waals surface area (Å²) in [6, 6.07) is 18.6. The fourth-order valence-electron chi connectivity index (χ4n) is 3.48. The average molecular weight is 444 g/mol. The van der Waals surface area contributed by atoms with E-state index >= 15 is 0 Å². The number of alkyl halides is 3. The van der Waals surface area contributed by atoms with E-state index < -0.39 is 6.36 Å². The molecular weight excluding hydrogens is 427 g/mol. The minimum Gasteiger partial charge on any atom is -0.406 e. The van der Waals surface area contributed by atoms with Crippen molar-refractivity contribution in [2.75, 3.05) is 0 Å². The fraction of sp³-hybridized carbons (Fsp3) is 0.125. The zero-order chi connectivity index (χ0) is 22.2. The quantitative estimate of drug-likeness (QED) is 0.384. The first-order valence-electron chi connectivity index (χ1n) is 9.46. The first kappa shape index (κ1) is 21.0. The molecule has 0 spiro atoms. The number of hydrogen-bond donors (Lipinski definition) is 1. The van der Waals surface area contributed by atoms with Gasteiger partial charge in [-0.1, -0.05) is 48.0 Å². The maximum atomic E-state index is 12.7. The minimum atomic E-state index is -4.70. The minimum absolute atomic E-state index is 0.0503. The van der Waals surface area contributed by atoms with Crippen molar-refractivity contribution in [2.45, 2.75) is 19.7 Å². The van der Waals surface area contributed by atoms with Crippen LogP contribution in [0.25, 0.3) is 22.2 Å². The summed E-state index contributed by atoms with van der Waals surface area (Å²) in [6.45, 7) is 1.78. The molecule has 0 unspecified atom stereocenters. The Kier molecular flexibility index (Phi) is 5.50. The summed E-state index contributed by atoms with van der Waals surface area (Å²) >= 11 is 6.06. The molecule has 0 fully saturated rings. The maximum absolute atomic E-state index is 12.7. The summed E-state index contributed by atoms with van der Waals surface area (Å²) in [5, 5.41) is 1.13. The molecule has 0 bridgehead atoms. The number of aromatic nitrogens is 1. The second kappa shape index (κ2) is 8.12. The van der Waals surface area contributed by atoms with Crippen LogP contribution in [0, 0.1) is 6.92 Å². The van der Waals surface area contributed by atoms with Crippen LogP contribution >= 0.6 is 11.6 Å². The van der Waals surface area contributed by atoms with E-state index in [1.807, 2.05) is 24.3 Å². The van der Waals surface area contributed by atoms with Crippen molar-refractivity contribution in [3.8, 4) is 17.0 Å². The first-order chi connectivity index (χ1) is 14.7. The predicted molar refractivity (Wildman–Crippen MR) is 116 cm³/mol. The van der Waals surface area contributed by atoms with E-state index in [9.17, 15) is 18.0 Å². The fourth-order valence-corrected chi connectivity index (χ4v) is 3.66. The van der Waals surface area contributed by atoms with Crippen molar-refractivity contribution in [2.24, 2.45) is 0 Å². The van der Waals surface area contributed by atoms with Crippen molar-refractivity contribution in [3.05, 3.63) is 98.7 Å². The normalized spacial score (nSPS) is 11.6. The lowest BCUT2D eigenvalue weighted by atomic mass is 10.00. The average Bonchev–Trinajstić information content (AvgIpc) is 2.72. The summed E-state index contributed by atoms with van der Waals surface area (Å²) < 4.78 is 40.7. The van der Waals surface area contributed by atoms with Crippen molar-refractivity contribution in [1.29, 1.82) is 0 Å². The molecule has 0 saturated heterocycles. The molecule has 3 nitrogen and oxygen atoms in total. The summed E-state index contributed by atoms with van der Waals surface area (Å²) in [6.07, 6.45) is -4.15. The van der Waals surface area contributed by atoms with E-state index in [4.69, 9.17) is 11.6 Å². The van der Waals surface area contributed by atoms with Crippen LogP contribution in [0.2, 0.25) is 5.02 Å². The molecule has 4 aromatic rings. The molecule has 7 heteroatoms.